The Labute approximate surface area is 121 Å². The molecule has 1 aromatic carbocycles. The molecule has 2 aliphatic rings. The van der Waals surface area contributed by atoms with Crippen molar-refractivity contribution < 1.29 is 9.47 Å². The lowest BCUT2D eigenvalue weighted by Gasteiger charge is -2.33. The normalized spacial score (nSPS) is 23.8. The van der Waals surface area contributed by atoms with Gasteiger partial charge >= 0.3 is 0 Å². The molecule has 2 heterocycles. The van der Waals surface area contributed by atoms with E-state index in [-0.39, 0.29) is 0 Å². The van der Waals surface area contributed by atoms with Crippen molar-refractivity contribution in [2.45, 2.75) is 38.3 Å². The lowest BCUT2D eigenvalue weighted by molar-refractivity contribution is 0.173. The average Bonchev–Trinajstić information content (AvgIpc) is 2.93. The Morgan fingerprint density at radius 3 is 3.00 bits per heavy atom. The molecule has 0 saturated carbocycles. The number of hydrogen-bond acceptors (Lipinski definition) is 4. The molecular formula is C16H24N2O2. The van der Waals surface area contributed by atoms with Crippen LogP contribution in [0.1, 0.15) is 37.8 Å². The van der Waals surface area contributed by atoms with Crippen molar-refractivity contribution in [2.24, 2.45) is 0 Å². The molecule has 1 saturated heterocycles. The van der Waals surface area contributed by atoms with Crippen molar-refractivity contribution >= 4 is 0 Å². The molecule has 110 valence electrons. The second kappa shape index (κ2) is 6.02. The van der Waals surface area contributed by atoms with Crippen LogP contribution in [0.3, 0.4) is 0 Å². The monoisotopic (exact) mass is 276 g/mol. The number of nitrogens with one attached hydrogen (secondary N) is 1. The molecule has 2 aliphatic heterocycles. The number of benzene rings is 1. The first-order valence-electron chi connectivity index (χ1n) is 7.57. The summed E-state index contributed by atoms with van der Waals surface area (Å²) in [4.78, 5) is 2.48. The van der Waals surface area contributed by atoms with Gasteiger partial charge in [0.15, 0.2) is 11.5 Å². The van der Waals surface area contributed by atoms with Crippen LogP contribution in [0, 0.1) is 0 Å². The van der Waals surface area contributed by atoms with Gasteiger partial charge in [0, 0.05) is 18.6 Å². The third kappa shape index (κ3) is 2.91. The van der Waals surface area contributed by atoms with Gasteiger partial charge in [0.05, 0.1) is 0 Å². The Hall–Kier alpha value is -1.26. The standard InChI is InChI=1S/C16H24N2O2/c1-12(17-10-14-5-3-4-8-18(14)2)13-6-7-15-16(9-13)20-11-19-15/h6-7,9,12,14,17H,3-5,8,10-11H2,1-2H3. The van der Waals surface area contributed by atoms with Crippen LogP contribution in [-0.4, -0.2) is 37.9 Å². The lowest BCUT2D eigenvalue weighted by Crippen LogP contribution is -2.43. The van der Waals surface area contributed by atoms with Gasteiger partial charge < -0.3 is 19.7 Å². The molecule has 0 aromatic heterocycles. The molecule has 0 radical (unpaired) electrons. The molecule has 2 atom stereocenters. The van der Waals surface area contributed by atoms with Gasteiger partial charge in [0.2, 0.25) is 6.79 Å². The van der Waals surface area contributed by atoms with Gasteiger partial charge in [0.1, 0.15) is 0 Å². The summed E-state index contributed by atoms with van der Waals surface area (Å²) in [5, 5.41) is 3.65. The van der Waals surface area contributed by atoms with E-state index in [0.717, 1.165) is 18.0 Å². The molecule has 0 bridgehead atoms. The molecule has 2 unspecified atom stereocenters. The second-order valence-corrected chi connectivity index (χ2v) is 5.87. The summed E-state index contributed by atoms with van der Waals surface area (Å²) < 4.78 is 10.8. The molecule has 3 rings (SSSR count). The second-order valence-electron chi connectivity index (χ2n) is 5.87. The first-order chi connectivity index (χ1) is 9.74. The number of fused-ring (bicyclic) bond motifs is 1. The molecule has 1 N–H and O–H groups in total. The Kier molecular flexibility index (Phi) is 4.13. The summed E-state index contributed by atoms with van der Waals surface area (Å²) in [6.07, 6.45) is 4.00. The molecule has 0 spiro atoms. The van der Waals surface area contributed by atoms with E-state index in [9.17, 15) is 0 Å². The molecule has 1 fully saturated rings. The van der Waals surface area contributed by atoms with Crippen LogP contribution in [0.15, 0.2) is 18.2 Å². The number of ether oxygens (including phenoxy) is 2. The summed E-state index contributed by atoms with van der Waals surface area (Å²) in [6.45, 7) is 4.82. The summed E-state index contributed by atoms with van der Waals surface area (Å²) in [5.41, 5.74) is 1.26. The fourth-order valence-electron chi connectivity index (χ4n) is 3.02. The zero-order valence-electron chi connectivity index (χ0n) is 12.4. The van der Waals surface area contributed by atoms with Gasteiger partial charge in [-0.3, -0.25) is 0 Å². The molecule has 1 aromatic rings. The van der Waals surface area contributed by atoms with Crippen molar-refractivity contribution in [1.82, 2.24) is 10.2 Å². The maximum absolute atomic E-state index is 5.44. The van der Waals surface area contributed by atoms with E-state index in [1.807, 2.05) is 6.07 Å². The van der Waals surface area contributed by atoms with Gasteiger partial charge in [-0.2, -0.15) is 0 Å². The fraction of sp³-hybridized carbons (Fsp3) is 0.625. The van der Waals surface area contributed by atoms with Crippen LogP contribution in [0.5, 0.6) is 11.5 Å². The Morgan fingerprint density at radius 1 is 1.30 bits per heavy atom. The number of piperidine rings is 1. The topological polar surface area (TPSA) is 33.7 Å². The minimum Gasteiger partial charge on any atom is -0.454 e. The SMILES string of the molecule is CC(NCC1CCCCN1C)c1ccc2c(c1)OCO2. The first kappa shape index (κ1) is 13.7. The zero-order valence-corrected chi connectivity index (χ0v) is 12.4. The molecular weight excluding hydrogens is 252 g/mol. The van der Waals surface area contributed by atoms with Crippen molar-refractivity contribution in [3.05, 3.63) is 23.8 Å². The number of likely N-dealkylation sites (N-methyl/N-ethyl adjacent to an activating group) is 1. The van der Waals surface area contributed by atoms with Crippen LogP contribution < -0.4 is 14.8 Å². The zero-order chi connectivity index (χ0) is 13.9. The third-order valence-electron chi connectivity index (χ3n) is 4.48. The predicted octanol–water partition coefficient (Wildman–Crippen LogP) is 2.55. The number of likely N-dealkylation sites (tertiary alicyclic amines) is 1. The maximum atomic E-state index is 5.44. The Morgan fingerprint density at radius 2 is 2.15 bits per heavy atom. The molecule has 0 amide bonds. The molecule has 4 heteroatoms. The van der Waals surface area contributed by atoms with E-state index in [2.05, 4.69) is 36.3 Å². The van der Waals surface area contributed by atoms with Crippen LogP contribution in [-0.2, 0) is 0 Å². The minimum absolute atomic E-state index is 0.333. The number of hydrogen-bond donors (Lipinski definition) is 1. The van der Waals surface area contributed by atoms with E-state index >= 15 is 0 Å². The summed E-state index contributed by atoms with van der Waals surface area (Å²) >= 11 is 0. The van der Waals surface area contributed by atoms with E-state index in [0.29, 0.717) is 18.9 Å². The highest BCUT2D eigenvalue weighted by molar-refractivity contribution is 5.45. The Balaban J connectivity index is 1.57. The maximum Gasteiger partial charge on any atom is 0.231 e. The quantitative estimate of drug-likeness (QED) is 0.916. The van der Waals surface area contributed by atoms with Crippen molar-refractivity contribution in [1.29, 1.82) is 0 Å². The van der Waals surface area contributed by atoms with Crippen molar-refractivity contribution in [2.75, 3.05) is 26.9 Å². The number of nitrogens with zero attached hydrogens (tertiary/aromatic N) is 1. The highest BCUT2D eigenvalue weighted by Crippen LogP contribution is 2.34. The van der Waals surface area contributed by atoms with E-state index in [4.69, 9.17) is 9.47 Å². The van der Waals surface area contributed by atoms with E-state index < -0.39 is 0 Å². The molecule has 0 aliphatic carbocycles. The summed E-state index contributed by atoms with van der Waals surface area (Å²) in [6, 6.07) is 7.21. The van der Waals surface area contributed by atoms with Crippen LogP contribution in [0.25, 0.3) is 0 Å². The lowest BCUT2D eigenvalue weighted by atomic mass is 10.0. The Bertz CT molecular complexity index is 464. The predicted molar refractivity (Wildman–Crippen MR) is 79.3 cm³/mol. The van der Waals surface area contributed by atoms with Gasteiger partial charge in [-0.25, -0.2) is 0 Å². The smallest absolute Gasteiger partial charge is 0.231 e. The van der Waals surface area contributed by atoms with Gasteiger partial charge in [0.25, 0.3) is 0 Å². The number of rotatable bonds is 4. The highest BCUT2D eigenvalue weighted by Gasteiger charge is 2.20. The van der Waals surface area contributed by atoms with E-state index in [1.54, 1.807) is 0 Å². The van der Waals surface area contributed by atoms with Gasteiger partial charge in [-0.05, 0) is 51.1 Å². The third-order valence-corrected chi connectivity index (χ3v) is 4.48. The van der Waals surface area contributed by atoms with E-state index in [1.165, 1.54) is 31.4 Å². The van der Waals surface area contributed by atoms with Gasteiger partial charge in [-0.15, -0.1) is 0 Å². The summed E-state index contributed by atoms with van der Waals surface area (Å²) in [7, 11) is 2.23. The van der Waals surface area contributed by atoms with Crippen molar-refractivity contribution in [3.63, 3.8) is 0 Å². The molecule has 20 heavy (non-hydrogen) atoms. The van der Waals surface area contributed by atoms with Crippen molar-refractivity contribution in [3.8, 4) is 11.5 Å². The largest absolute Gasteiger partial charge is 0.454 e. The van der Waals surface area contributed by atoms with Crippen LogP contribution in [0.2, 0.25) is 0 Å². The summed E-state index contributed by atoms with van der Waals surface area (Å²) in [5.74, 6) is 1.72. The minimum atomic E-state index is 0.333. The van der Waals surface area contributed by atoms with Gasteiger partial charge in [-0.1, -0.05) is 12.5 Å². The van der Waals surface area contributed by atoms with Crippen LogP contribution in [0.4, 0.5) is 0 Å². The highest BCUT2D eigenvalue weighted by atomic mass is 16.7. The molecule has 4 nitrogen and oxygen atoms in total. The first-order valence-corrected chi connectivity index (χ1v) is 7.57. The fourth-order valence-corrected chi connectivity index (χ4v) is 3.02. The van der Waals surface area contributed by atoms with Crippen LogP contribution >= 0.6 is 0 Å². The average molecular weight is 276 g/mol.